The van der Waals surface area contributed by atoms with Gasteiger partial charge in [0.25, 0.3) is 0 Å². The summed E-state index contributed by atoms with van der Waals surface area (Å²) >= 11 is 0. The van der Waals surface area contributed by atoms with Crippen LogP contribution in [0.4, 0.5) is 17.2 Å². The molecule has 30 heavy (non-hydrogen) atoms. The summed E-state index contributed by atoms with van der Waals surface area (Å²) in [6, 6.07) is 9.40. The second-order valence-electron chi connectivity index (χ2n) is 8.12. The van der Waals surface area contributed by atoms with Gasteiger partial charge in [0.05, 0.1) is 11.0 Å². The van der Waals surface area contributed by atoms with Crippen molar-refractivity contribution in [1.29, 1.82) is 0 Å². The molecule has 0 bridgehead atoms. The van der Waals surface area contributed by atoms with Crippen molar-refractivity contribution in [2.24, 2.45) is 0 Å². The number of aromatic amines is 1. The lowest BCUT2D eigenvalue weighted by Crippen LogP contribution is -2.26. The number of fused-ring (bicyclic) bond motifs is 1. The number of nitrogens with one attached hydrogen (secondary N) is 2. The zero-order chi connectivity index (χ0) is 21.3. The van der Waals surface area contributed by atoms with E-state index in [9.17, 15) is 10.1 Å². The van der Waals surface area contributed by atoms with E-state index < -0.39 is 4.92 Å². The van der Waals surface area contributed by atoms with E-state index >= 15 is 0 Å². The van der Waals surface area contributed by atoms with Gasteiger partial charge in [0.15, 0.2) is 0 Å². The van der Waals surface area contributed by atoms with Crippen LogP contribution >= 0.6 is 0 Å². The summed E-state index contributed by atoms with van der Waals surface area (Å²) in [5.74, 6) is 0.524. The van der Waals surface area contributed by atoms with Gasteiger partial charge < -0.3 is 19.9 Å². The quantitative estimate of drug-likeness (QED) is 0.436. The highest BCUT2D eigenvalue weighted by atomic mass is 16.6. The lowest BCUT2D eigenvalue weighted by atomic mass is 10.0. The van der Waals surface area contributed by atoms with E-state index in [0.29, 0.717) is 11.9 Å². The summed E-state index contributed by atoms with van der Waals surface area (Å²) in [6.07, 6.45) is 5.42. The Bertz CT molecular complexity index is 1060. The standard InChI is InChI=1S/C22H27N5O3/c1-14(2)30-21-9-8-20(27(28)29)22(25-21)24-16-6-7-19-18(12-16)15(13-23-19)11-17-5-4-10-26(17)3/h6-9,12-14,17,23H,4-5,10-11H2,1-3H3,(H,24,25). The van der Waals surface area contributed by atoms with Gasteiger partial charge in [0, 0.05) is 41.0 Å². The average Bonchev–Trinajstić information content (AvgIpc) is 3.28. The van der Waals surface area contributed by atoms with Crippen LogP contribution in [-0.2, 0) is 6.42 Å². The molecule has 8 nitrogen and oxygen atoms in total. The van der Waals surface area contributed by atoms with Crippen molar-refractivity contribution < 1.29 is 9.66 Å². The van der Waals surface area contributed by atoms with E-state index in [-0.39, 0.29) is 17.6 Å². The topological polar surface area (TPSA) is 96.3 Å². The third kappa shape index (κ3) is 4.23. The van der Waals surface area contributed by atoms with Crippen molar-refractivity contribution in [3.63, 3.8) is 0 Å². The number of aromatic nitrogens is 2. The second-order valence-corrected chi connectivity index (χ2v) is 8.12. The first-order chi connectivity index (χ1) is 14.4. The van der Waals surface area contributed by atoms with Crippen LogP contribution in [0.1, 0.15) is 32.3 Å². The molecule has 1 saturated heterocycles. The zero-order valence-electron chi connectivity index (χ0n) is 17.5. The molecular formula is C22H27N5O3. The second kappa shape index (κ2) is 8.31. The number of nitrogens with zero attached hydrogens (tertiary/aromatic N) is 3. The molecule has 4 rings (SSSR count). The van der Waals surface area contributed by atoms with Gasteiger partial charge in [-0.15, -0.1) is 0 Å². The summed E-state index contributed by atoms with van der Waals surface area (Å²) in [5, 5.41) is 15.7. The zero-order valence-corrected chi connectivity index (χ0v) is 17.5. The normalized spacial score (nSPS) is 17.0. The number of hydrogen-bond acceptors (Lipinski definition) is 6. The maximum atomic E-state index is 11.5. The fourth-order valence-electron chi connectivity index (χ4n) is 4.03. The first-order valence-electron chi connectivity index (χ1n) is 10.3. The van der Waals surface area contributed by atoms with Crippen LogP contribution in [0.15, 0.2) is 36.5 Å². The predicted octanol–water partition coefficient (Wildman–Crippen LogP) is 4.64. The van der Waals surface area contributed by atoms with E-state index in [1.54, 1.807) is 0 Å². The molecule has 2 aromatic heterocycles. The Labute approximate surface area is 175 Å². The average molecular weight is 409 g/mol. The molecule has 3 aromatic rings. The first-order valence-corrected chi connectivity index (χ1v) is 10.3. The van der Waals surface area contributed by atoms with Gasteiger partial charge in [-0.05, 0) is 70.5 Å². The Hall–Kier alpha value is -3.13. The molecule has 0 saturated carbocycles. The largest absolute Gasteiger partial charge is 0.475 e. The first kappa shape index (κ1) is 20.2. The van der Waals surface area contributed by atoms with Gasteiger partial charge in [0.1, 0.15) is 0 Å². The highest BCUT2D eigenvalue weighted by Crippen LogP contribution is 2.31. The number of rotatable bonds is 7. The molecule has 1 fully saturated rings. The Morgan fingerprint density at radius 2 is 2.20 bits per heavy atom. The summed E-state index contributed by atoms with van der Waals surface area (Å²) in [7, 11) is 2.18. The number of likely N-dealkylation sites (tertiary alicyclic amines) is 1. The maximum Gasteiger partial charge on any atom is 0.311 e. The molecule has 1 atom stereocenters. The number of ether oxygens (including phenoxy) is 1. The summed E-state index contributed by atoms with van der Waals surface area (Å²) in [4.78, 5) is 21.1. The molecule has 2 N–H and O–H groups in total. The molecule has 158 valence electrons. The van der Waals surface area contributed by atoms with Crippen LogP contribution < -0.4 is 10.1 Å². The van der Waals surface area contributed by atoms with Gasteiger partial charge in [-0.25, -0.2) is 0 Å². The number of H-pyrrole nitrogens is 1. The van der Waals surface area contributed by atoms with Crippen LogP contribution in [0.5, 0.6) is 5.88 Å². The van der Waals surface area contributed by atoms with Gasteiger partial charge in [-0.2, -0.15) is 4.98 Å². The molecule has 3 heterocycles. The fourth-order valence-corrected chi connectivity index (χ4v) is 4.03. The van der Waals surface area contributed by atoms with Gasteiger partial charge in [-0.3, -0.25) is 10.1 Å². The third-order valence-electron chi connectivity index (χ3n) is 5.56. The predicted molar refractivity (Wildman–Crippen MR) is 118 cm³/mol. The fraction of sp³-hybridized carbons (Fsp3) is 0.409. The Morgan fingerprint density at radius 3 is 2.90 bits per heavy atom. The number of nitro groups is 1. The van der Waals surface area contributed by atoms with Crippen molar-refractivity contribution >= 4 is 28.1 Å². The minimum Gasteiger partial charge on any atom is -0.475 e. The minimum atomic E-state index is -0.440. The third-order valence-corrected chi connectivity index (χ3v) is 5.56. The van der Waals surface area contributed by atoms with Crippen molar-refractivity contribution in [2.75, 3.05) is 18.9 Å². The van der Waals surface area contributed by atoms with Crippen molar-refractivity contribution in [2.45, 2.75) is 45.3 Å². The molecule has 0 radical (unpaired) electrons. The van der Waals surface area contributed by atoms with Crippen LogP contribution in [0.2, 0.25) is 0 Å². The molecule has 1 unspecified atom stereocenters. The lowest BCUT2D eigenvalue weighted by Gasteiger charge is -2.18. The number of likely N-dealkylation sites (N-methyl/N-ethyl adjacent to an activating group) is 1. The molecular weight excluding hydrogens is 382 g/mol. The van der Waals surface area contributed by atoms with Crippen molar-refractivity contribution in [3.05, 3.63) is 52.2 Å². The summed E-state index contributed by atoms with van der Waals surface area (Å²) < 4.78 is 5.61. The van der Waals surface area contributed by atoms with E-state index in [4.69, 9.17) is 4.74 Å². The van der Waals surface area contributed by atoms with Gasteiger partial charge in [-0.1, -0.05) is 0 Å². The van der Waals surface area contributed by atoms with E-state index in [0.717, 1.165) is 29.6 Å². The Morgan fingerprint density at radius 1 is 1.37 bits per heavy atom. The molecule has 0 spiro atoms. The van der Waals surface area contributed by atoms with Crippen LogP contribution in [0.25, 0.3) is 10.9 Å². The molecule has 1 aromatic carbocycles. The smallest absolute Gasteiger partial charge is 0.311 e. The molecule has 1 aliphatic heterocycles. The number of pyridine rings is 1. The summed E-state index contributed by atoms with van der Waals surface area (Å²) in [5.41, 5.74) is 2.97. The lowest BCUT2D eigenvalue weighted by molar-refractivity contribution is -0.384. The van der Waals surface area contributed by atoms with Crippen molar-refractivity contribution in [1.82, 2.24) is 14.9 Å². The van der Waals surface area contributed by atoms with E-state index in [1.165, 1.54) is 30.5 Å². The molecule has 1 aliphatic rings. The highest BCUT2D eigenvalue weighted by molar-refractivity contribution is 5.87. The van der Waals surface area contributed by atoms with Gasteiger partial charge in [0.2, 0.25) is 11.7 Å². The number of benzene rings is 1. The molecule has 8 heteroatoms. The highest BCUT2D eigenvalue weighted by Gasteiger charge is 2.22. The summed E-state index contributed by atoms with van der Waals surface area (Å²) in [6.45, 7) is 4.92. The SMILES string of the molecule is CC(C)Oc1ccc([N+](=O)[O-])c(Nc2ccc3[nH]cc(CC4CCCN4C)c3c2)n1. The molecule has 0 aliphatic carbocycles. The Balaban J connectivity index is 1.63. The number of hydrogen-bond donors (Lipinski definition) is 2. The monoisotopic (exact) mass is 409 g/mol. The van der Waals surface area contributed by atoms with Crippen LogP contribution in [0.3, 0.4) is 0 Å². The van der Waals surface area contributed by atoms with E-state index in [2.05, 4.69) is 33.4 Å². The van der Waals surface area contributed by atoms with E-state index in [1.807, 2.05) is 32.0 Å². The maximum absolute atomic E-state index is 11.5. The van der Waals surface area contributed by atoms with Gasteiger partial charge >= 0.3 is 5.69 Å². The van der Waals surface area contributed by atoms with Crippen LogP contribution in [0, 0.1) is 10.1 Å². The van der Waals surface area contributed by atoms with Crippen LogP contribution in [-0.4, -0.2) is 45.5 Å². The Kier molecular flexibility index (Phi) is 5.59. The minimum absolute atomic E-state index is 0.0701. The van der Waals surface area contributed by atoms with Crippen molar-refractivity contribution in [3.8, 4) is 5.88 Å². The molecule has 0 amide bonds. The number of anilines is 2.